The van der Waals surface area contributed by atoms with E-state index in [2.05, 4.69) is 25.6 Å². The molecule has 0 aliphatic carbocycles. The second-order valence-corrected chi connectivity index (χ2v) is 6.77. The van der Waals surface area contributed by atoms with Gasteiger partial charge in [0, 0.05) is 0 Å². The van der Waals surface area contributed by atoms with Crippen LogP contribution >= 0.6 is 15.9 Å². The van der Waals surface area contributed by atoms with Crippen molar-refractivity contribution >= 4 is 31.8 Å². The van der Waals surface area contributed by atoms with Gasteiger partial charge in [0.2, 0.25) is 0 Å². The molecule has 0 saturated carbocycles. The van der Waals surface area contributed by atoms with Gasteiger partial charge in [-0.2, -0.15) is 0 Å². The Morgan fingerprint density at radius 2 is 1.90 bits per heavy atom. The number of sulfonamides is 1. The number of halogens is 1. The first-order valence-electron chi connectivity index (χ1n) is 6.39. The van der Waals surface area contributed by atoms with E-state index in [0.29, 0.717) is 17.0 Å². The highest BCUT2D eigenvalue weighted by Gasteiger charge is 2.14. The summed E-state index contributed by atoms with van der Waals surface area (Å²) in [6.45, 7) is 2.61. The molecule has 2 aromatic rings. The van der Waals surface area contributed by atoms with Crippen LogP contribution in [0.1, 0.15) is 13.3 Å². The Morgan fingerprint density at radius 1 is 1.19 bits per heavy atom. The Bertz CT molecular complexity index is 702. The van der Waals surface area contributed by atoms with Crippen LogP contribution in [-0.4, -0.2) is 20.0 Å². The lowest BCUT2D eigenvalue weighted by Crippen LogP contribution is -2.13. The molecule has 0 unspecified atom stereocenters. The second kappa shape index (κ2) is 6.91. The average molecular weight is 371 g/mol. The molecule has 2 rings (SSSR count). The molecule has 0 spiro atoms. The number of aromatic nitrogens is 1. The van der Waals surface area contributed by atoms with Gasteiger partial charge in [0.1, 0.15) is 16.2 Å². The molecule has 1 aromatic carbocycles. The molecule has 0 fully saturated rings. The largest absolute Gasteiger partial charge is 0.494 e. The van der Waals surface area contributed by atoms with Crippen molar-refractivity contribution in [2.24, 2.45) is 0 Å². The first kappa shape index (κ1) is 15.8. The summed E-state index contributed by atoms with van der Waals surface area (Å²) in [4.78, 5) is 4.20. The molecule has 0 aliphatic heterocycles. The highest BCUT2D eigenvalue weighted by molar-refractivity contribution is 9.10. The number of pyridine rings is 1. The highest BCUT2D eigenvalue weighted by Crippen LogP contribution is 2.19. The predicted octanol–water partition coefficient (Wildman–Crippen LogP) is 3.43. The lowest BCUT2D eigenvalue weighted by molar-refractivity contribution is 0.317. The van der Waals surface area contributed by atoms with Crippen molar-refractivity contribution in [2.75, 3.05) is 11.3 Å². The summed E-state index contributed by atoms with van der Waals surface area (Å²) in [5.74, 6) is 0.909. The van der Waals surface area contributed by atoms with Crippen LogP contribution in [0.3, 0.4) is 0 Å². The summed E-state index contributed by atoms with van der Waals surface area (Å²) in [5, 5.41) is 0. The van der Waals surface area contributed by atoms with E-state index in [9.17, 15) is 8.42 Å². The van der Waals surface area contributed by atoms with Gasteiger partial charge < -0.3 is 4.74 Å². The first-order valence-corrected chi connectivity index (χ1v) is 8.67. The van der Waals surface area contributed by atoms with Gasteiger partial charge in [0.25, 0.3) is 10.0 Å². The molecule has 0 aliphatic rings. The zero-order chi connectivity index (χ0) is 15.3. The van der Waals surface area contributed by atoms with Gasteiger partial charge in [0.05, 0.1) is 11.5 Å². The zero-order valence-corrected chi connectivity index (χ0v) is 13.8. The molecular weight excluding hydrogens is 356 g/mol. The Labute approximate surface area is 132 Å². The molecule has 0 amide bonds. The lowest BCUT2D eigenvalue weighted by Gasteiger charge is -2.09. The van der Waals surface area contributed by atoms with Gasteiger partial charge in [-0.1, -0.05) is 13.0 Å². The number of hydrogen-bond acceptors (Lipinski definition) is 4. The third-order valence-electron chi connectivity index (χ3n) is 2.56. The molecule has 0 radical (unpaired) electrons. The molecule has 5 nitrogen and oxygen atoms in total. The molecule has 7 heteroatoms. The van der Waals surface area contributed by atoms with Crippen molar-refractivity contribution in [3.8, 4) is 5.75 Å². The molecule has 0 bridgehead atoms. The van der Waals surface area contributed by atoms with Crippen molar-refractivity contribution in [1.29, 1.82) is 0 Å². The summed E-state index contributed by atoms with van der Waals surface area (Å²) < 4.78 is 32.9. The number of benzene rings is 1. The van der Waals surface area contributed by atoms with Crippen LogP contribution in [0.25, 0.3) is 0 Å². The van der Waals surface area contributed by atoms with Crippen molar-refractivity contribution in [3.05, 3.63) is 47.1 Å². The number of nitrogens with one attached hydrogen (secondary N) is 1. The van der Waals surface area contributed by atoms with Crippen LogP contribution in [0.2, 0.25) is 0 Å². The van der Waals surface area contributed by atoms with Gasteiger partial charge in [0.15, 0.2) is 0 Å². The van der Waals surface area contributed by atoms with Gasteiger partial charge in [-0.3, -0.25) is 4.72 Å². The lowest BCUT2D eigenvalue weighted by atomic mass is 10.3. The molecule has 1 N–H and O–H groups in total. The third-order valence-corrected chi connectivity index (χ3v) is 4.37. The minimum absolute atomic E-state index is 0.160. The van der Waals surface area contributed by atoms with Crippen LogP contribution in [0.15, 0.2) is 52.0 Å². The fourth-order valence-corrected chi connectivity index (χ4v) is 2.94. The Hall–Kier alpha value is -1.60. The van der Waals surface area contributed by atoms with E-state index in [0.717, 1.165) is 6.42 Å². The maximum absolute atomic E-state index is 12.2. The van der Waals surface area contributed by atoms with Crippen LogP contribution in [-0.2, 0) is 10.0 Å². The maximum atomic E-state index is 12.2. The number of hydrogen-bond donors (Lipinski definition) is 1. The molecule has 1 aromatic heterocycles. The minimum Gasteiger partial charge on any atom is -0.494 e. The van der Waals surface area contributed by atoms with Crippen LogP contribution in [0.4, 0.5) is 5.82 Å². The van der Waals surface area contributed by atoms with Crippen molar-refractivity contribution in [3.63, 3.8) is 0 Å². The standard InChI is InChI=1S/C14H15BrN2O3S/c1-2-10-20-11-6-8-12(9-7-11)21(18,19)17-14-5-3-4-13(15)16-14/h3-9H,2,10H2,1H3,(H,16,17). The Balaban J connectivity index is 2.15. The van der Waals surface area contributed by atoms with Gasteiger partial charge in [-0.05, 0) is 58.7 Å². The summed E-state index contributed by atoms with van der Waals surface area (Å²) in [7, 11) is -3.66. The number of ether oxygens (including phenoxy) is 1. The predicted molar refractivity (Wildman–Crippen MR) is 85.0 cm³/mol. The summed E-state index contributed by atoms with van der Waals surface area (Å²) >= 11 is 3.20. The van der Waals surface area contributed by atoms with E-state index in [1.54, 1.807) is 30.3 Å². The van der Waals surface area contributed by atoms with E-state index < -0.39 is 10.0 Å². The monoisotopic (exact) mass is 370 g/mol. The van der Waals surface area contributed by atoms with E-state index in [1.807, 2.05) is 6.92 Å². The molecule has 21 heavy (non-hydrogen) atoms. The van der Waals surface area contributed by atoms with Gasteiger partial charge >= 0.3 is 0 Å². The minimum atomic E-state index is -3.66. The van der Waals surface area contributed by atoms with Crippen LogP contribution in [0, 0.1) is 0 Å². The van der Waals surface area contributed by atoms with E-state index >= 15 is 0 Å². The molecular formula is C14H15BrN2O3S. The summed E-state index contributed by atoms with van der Waals surface area (Å²) in [6, 6.07) is 11.3. The van der Waals surface area contributed by atoms with E-state index in [-0.39, 0.29) is 10.7 Å². The Kier molecular flexibility index (Phi) is 5.19. The number of rotatable bonds is 6. The number of nitrogens with zero attached hydrogens (tertiary/aromatic N) is 1. The third kappa shape index (κ3) is 4.44. The van der Waals surface area contributed by atoms with Gasteiger partial charge in [-0.15, -0.1) is 0 Å². The average Bonchev–Trinajstić information content (AvgIpc) is 2.45. The van der Waals surface area contributed by atoms with Crippen LogP contribution in [0.5, 0.6) is 5.75 Å². The number of anilines is 1. The zero-order valence-electron chi connectivity index (χ0n) is 11.4. The van der Waals surface area contributed by atoms with E-state index in [1.165, 1.54) is 12.1 Å². The first-order chi connectivity index (χ1) is 10.0. The topological polar surface area (TPSA) is 68.3 Å². The van der Waals surface area contributed by atoms with Crippen LogP contribution < -0.4 is 9.46 Å². The molecule has 0 saturated heterocycles. The van der Waals surface area contributed by atoms with Crippen molar-refractivity contribution < 1.29 is 13.2 Å². The van der Waals surface area contributed by atoms with Crippen molar-refractivity contribution in [2.45, 2.75) is 18.2 Å². The van der Waals surface area contributed by atoms with Gasteiger partial charge in [-0.25, -0.2) is 13.4 Å². The smallest absolute Gasteiger partial charge is 0.263 e. The highest BCUT2D eigenvalue weighted by atomic mass is 79.9. The quantitative estimate of drug-likeness (QED) is 0.790. The van der Waals surface area contributed by atoms with Crippen molar-refractivity contribution in [1.82, 2.24) is 4.98 Å². The normalized spacial score (nSPS) is 11.1. The second-order valence-electron chi connectivity index (χ2n) is 4.27. The SMILES string of the molecule is CCCOc1ccc(S(=O)(=O)Nc2cccc(Br)n2)cc1. The molecule has 1 heterocycles. The Morgan fingerprint density at radius 3 is 2.52 bits per heavy atom. The molecule has 112 valence electrons. The fourth-order valence-electron chi connectivity index (χ4n) is 1.60. The summed E-state index contributed by atoms with van der Waals surface area (Å²) in [6.07, 6.45) is 0.899. The fraction of sp³-hybridized carbons (Fsp3) is 0.214. The maximum Gasteiger partial charge on any atom is 0.263 e. The van der Waals surface area contributed by atoms with E-state index in [4.69, 9.17) is 4.74 Å². The summed E-state index contributed by atoms with van der Waals surface area (Å²) in [5.41, 5.74) is 0. The molecule has 0 atom stereocenters.